The van der Waals surface area contributed by atoms with Gasteiger partial charge >= 0.3 is 6.03 Å². The second kappa shape index (κ2) is 10.2. The number of rotatable bonds is 9. The van der Waals surface area contributed by atoms with Gasteiger partial charge in [0.15, 0.2) is 0 Å². The van der Waals surface area contributed by atoms with E-state index in [-0.39, 0.29) is 12.1 Å². The Morgan fingerprint density at radius 2 is 2.29 bits per heavy atom. The summed E-state index contributed by atoms with van der Waals surface area (Å²) in [5, 5.41) is 3.04. The Morgan fingerprint density at radius 3 is 3.00 bits per heavy atom. The molecule has 5 heteroatoms. The first-order valence-electron chi connectivity index (χ1n) is 9.00. The van der Waals surface area contributed by atoms with E-state index in [9.17, 15) is 4.79 Å². The van der Waals surface area contributed by atoms with E-state index in [2.05, 4.69) is 12.2 Å². The van der Waals surface area contributed by atoms with Gasteiger partial charge < -0.3 is 19.7 Å². The average molecular weight is 334 g/mol. The molecule has 1 aromatic carbocycles. The van der Waals surface area contributed by atoms with Gasteiger partial charge in [-0.2, -0.15) is 0 Å². The van der Waals surface area contributed by atoms with Crippen molar-refractivity contribution in [2.75, 3.05) is 26.8 Å². The third-order valence-electron chi connectivity index (χ3n) is 4.30. The molecule has 0 bridgehead atoms. The molecule has 1 aliphatic heterocycles. The maximum absolute atomic E-state index is 12.6. The van der Waals surface area contributed by atoms with Crippen LogP contribution in [0.4, 0.5) is 4.79 Å². The van der Waals surface area contributed by atoms with Gasteiger partial charge in [0, 0.05) is 26.2 Å². The summed E-state index contributed by atoms with van der Waals surface area (Å²) in [5.74, 6) is 0.813. The Bertz CT molecular complexity index is 501. The SMILES string of the molecule is CCCCCNC(=O)N(Cc1cccc(OC)c1)CC1CCCO1. The minimum Gasteiger partial charge on any atom is -0.497 e. The van der Waals surface area contributed by atoms with E-state index in [1.165, 1.54) is 0 Å². The predicted molar refractivity (Wildman–Crippen MR) is 95.3 cm³/mol. The van der Waals surface area contributed by atoms with Crippen molar-refractivity contribution in [1.82, 2.24) is 10.2 Å². The molecule has 1 heterocycles. The second-order valence-corrected chi connectivity index (χ2v) is 6.31. The fourth-order valence-corrected chi connectivity index (χ4v) is 2.93. The first kappa shape index (κ1) is 18.6. The highest BCUT2D eigenvalue weighted by Crippen LogP contribution is 2.18. The van der Waals surface area contributed by atoms with E-state index in [1.807, 2.05) is 29.2 Å². The summed E-state index contributed by atoms with van der Waals surface area (Å²) < 4.78 is 11.0. The van der Waals surface area contributed by atoms with Crippen molar-refractivity contribution >= 4 is 6.03 Å². The van der Waals surface area contributed by atoms with Gasteiger partial charge in [-0.1, -0.05) is 31.9 Å². The number of urea groups is 1. The molecule has 134 valence electrons. The van der Waals surface area contributed by atoms with Crippen molar-refractivity contribution in [2.24, 2.45) is 0 Å². The highest BCUT2D eigenvalue weighted by molar-refractivity contribution is 5.74. The molecular formula is C19H30N2O3. The number of carbonyl (C=O) groups is 1. The average Bonchev–Trinajstić information content (AvgIpc) is 3.11. The minimum atomic E-state index is -0.00979. The summed E-state index contributed by atoms with van der Waals surface area (Å²) in [6, 6.07) is 7.86. The number of ether oxygens (including phenoxy) is 2. The smallest absolute Gasteiger partial charge is 0.317 e. The first-order valence-corrected chi connectivity index (χ1v) is 9.00. The quantitative estimate of drug-likeness (QED) is 0.702. The molecule has 1 aromatic rings. The molecular weight excluding hydrogens is 304 g/mol. The van der Waals surface area contributed by atoms with Crippen LogP contribution in [-0.4, -0.2) is 43.8 Å². The van der Waals surface area contributed by atoms with E-state index >= 15 is 0 Å². The van der Waals surface area contributed by atoms with Crippen LogP contribution in [-0.2, 0) is 11.3 Å². The molecule has 1 atom stereocenters. The van der Waals surface area contributed by atoms with Gasteiger partial charge in [0.05, 0.1) is 13.2 Å². The highest BCUT2D eigenvalue weighted by atomic mass is 16.5. The monoisotopic (exact) mass is 334 g/mol. The molecule has 1 fully saturated rings. The zero-order valence-electron chi connectivity index (χ0n) is 14.9. The summed E-state index contributed by atoms with van der Waals surface area (Å²) >= 11 is 0. The highest BCUT2D eigenvalue weighted by Gasteiger charge is 2.22. The largest absolute Gasteiger partial charge is 0.497 e. The number of hydrogen-bond acceptors (Lipinski definition) is 3. The number of methoxy groups -OCH3 is 1. The number of hydrogen-bond donors (Lipinski definition) is 1. The van der Waals surface area contributed by atoms with Crippen molar-refractivity contribution in [3.63, 3.8) is 0 Å². The molecule has 1 aliphatic rings. The van der Waals surface area contributed by atoms with Crippen LogP contribution in [0.15, 0.2) is 24.3 Å². The zero-order chi connectivity index (χ0) is 17.2. The Kier molecular flexibility index (Phi) is 7.89. The summed E-state index contributed by atoms with van der Waals surface area (Å²) in [6.07, 6.45) is 5.57. The predicted octanol–water partition coefficient (Wildman–Crippen LogP) is 3.58. The van der Waals surface area contributed by atoms with Gasteiger partial charge in [-0.05, 0) is 37.0 Å². The van der Waals surface area contributed by atoms with Crippen molar-refractivity contribution in [1.29, 1.82) is 0 Å². The van der Waals surface area contributed by atoms with Crippen molar-refractivity contribution < 1.29 is 14.3 Å². The number of carbonyl (C=O) groups excluding carboxylic acids is 1. The number of amides is 2. The molecule has 2 rings (SSSR count). The Morgan fingerprint density at radius 1 is 1.42 bits per heavy atom. The van der Waals surface area contributed by atoms with E-state index in [1.54, 1.807) is 7.11 Å². The molecule has 0 aliphatic carbocycles. The van der Waals surface area contributed by atoms with Crippen LogP contribution < -0.4 is 10.1 Å². The maximum atomic E-state index is 12.6. The van der Waals surface area contributed by atoms with Crippen LogP contribution in [0.3, 0.4) is 0 Å². The fourth-order valence-electron chi connectivity index (χ4n) is 2.93. The van der Waals surface area contributed by atoms with E-state index < -0.39 is 0 Å². The molecule has 1 N–H and O–H groups in total. The van der Waals surface area contributed by atoms with Gasteiger partial charge in [0.2, 0.25) is 0 Å². The lowest BCUT2D eigenvalue weighted by molar-refractivity contribution is 0.0794. The van der Waals surface area contributed by atoms with E-state index in [4.69, 9.17) is 9.47 Å². The normalized spacial score (nSPS) is 16.8. The standard InChI is InChI=1S/C19H30N2O3/c1-3-4-5-11-20-19(22)21(15-18-10-7-12-24-18)14-16-8-6-9-17(13-16)23-2/h6,8-9,13,18H,3-5,7,10-12,14-15H2,1-2H3,(H,20,22). The Balaban J connectivity index is 1.96. The number of unbranched alkanes of at least 4 members (excludes halogenated alkanes) is 2. The number of nitrogens with zero attached hydrogens (tertiary/aromatic N) is 1. The van der Waals surface area contributed by atoms with Crippen LogP contribution in [0.2, 0.25) is 0 Å². The molecule has 5 nitrogen and oxygen atoms in total. The van der Waals surface area contributed by atoms with Gasteiger partial charge in [-0.3, -0.25) is 0 Å². The van der Waals surface area contributed by atoms with Crippen LogP contribution in [0.5, 0.6) is 5.75 Å². The molecule has 0 radical (unpaired) electrons. The Hall–Kier alpha value is -1.75. The van der Waals surface area contributed by atoms with Crippen molar-refractivity contribution in [3.05, 3.63) is 29.8 Å². The summed E-state index contributed by atoms with van der Waals surface area (Å²) in [7, 11) is 1.66. The number of benzene rings is 1. The van der Waals surface area contributed by atoms with Gasteiger partial charge in [-0.15, -0.1) is 0 Å². The fraction of sp³-hybridized carbons (Fsp3) is 0.632. The second-order valence-electron chi connectivity index (χ2n) is 6.31. The molecule has 24 heavy (non-hydrogen) atoms. The first-order chi connectivity index (χ1) is 11.7. The number of nitrogens with one attached hydrogen (secondary N) is 1. The topological polar surface area (TPSA) is 50.8 Å². The van der Waals surface area contributed by atoms with Crippen LogP contribution in [0, 0.1) is 0 Å². The third kappa shape index (κ3) is 6.04. The summed E-state index contributed by atoms with van der Waals surface area (Å²) in [5.41, 5.74) is 1.07. The molecule has 0 aromatic heterocycles. The minimum absolute atomic E-state index is 0.00979. The van der Waals surface area contributed by atoms with Gasteiger partial charge in [-0.25, -0.2) is 4.79 Å². The van der Waals surface area contributed by atoms with Gasteiger partial charge in [0.25, 0.3) is 0 Å². The van der Waals surface area contributed by atoms with Crippen molar-refractivity contribution in [3.8, 4) is 5.75 Å². The molecule has 0 spiro atoms. The molecule has 2 amide bonds. The maximum Gasteiger partial charge on any atom is 0.317 e. The zero-order valence-corrected chi connectivity index (χ0v) is 14.9. The van der Waals surface area contributed by atoms with Crippen LogP contribution in [0.25, 0.3) is 0 Å². The van der Waals surface area contributed by atoms with E-state index in [0.717, 1.165) is 56.6 Å². The lowest BCUT2D eigenvalue weighted by atomic mass is 10.2. The lowest BCUT2D eigenvalue weighted by Gasteiger charge is -2.26. The summed E-state index contributed by atoms with van der Waals surface area (Å²) in [6.45, 7) is 4.89. The third-order valence-corrected chi connectivity index (χ3v) is 4.30. The van der Waals surface area contributed by atoms with Crippen LogP contribution in [0.1, 0.15) is 44.6 Å². The molecule has 1 saturated heterocycles. The Labute approximate surface area is 145 Å². The van der Waals surface area contributed by atoms with Gasteiger partial charge in [0.1, 0.15) is 5.75 Å². The molecule has 1 unspecified atom stereocenters. The van der Waals surface area contributed by atoms with Crippen molar-refractivity contribution in [2.45, 2.75) is 51.7 Å². The summed E-state index contributed by atoms with van der Waals surface area (Å²) in [4.78, 5) is 14.4. The molecule has 0 saturated carbocycles. The lowest BCUT2D eigenvalue weighted by Crippen LogP contribution is -2.43. The van der Waals surface area contributed by atoms with Crippen LogP contribution >= 0.6 is 0 Å². The van der Waals surface area contributed by atoms with E-state index in [0.29, 0.717) is 13.1 Å².